The lowest BCUT2D eigenvalue weighted by atomic mass is 10.2. The molecule has 144 valence electrons. The van der Waals surface area contributed by atoms with E-state index in [1.807, 2.05) is 0 Å². The molecule has 0 radical (unpaired) electrons. The Morgan fingerprint density at radius 2 is 2.04 bits per heavy atom. The number of aromatic nitrogens is 2. The largest absolute Gasteiger partial charge is 0.463 e. The van der Waals surface area contributed by atoms with E-state index >= 15 is 0 Å². The van der Waals surface area contributed by atoms with E-state index in [1.165, 1.54) is 26.1 Å². The second-order valence-electron chi connectivity index (χ2n) is 6.19. The van der Waals surface area contributed by atoms with Gasteiger partial charge in [-0.1, -0.05) is 0 Å². The van der Waals surface area contributed by atoms with Crippen molar-refractivity contribution < 1.29 is 28.2 Å². The minimum atomic E-state index is -0.847. The molecule has 0 saturated carbocycles. The van der Waals surface area contributed by atoms with Crippen molar-refractivity contribution in [1.82, 2.24) is 9.55 Å². The van der Waals surface area contributed by atoms with Crippen molar-refractivity contribution in [1.29, 1.82) is 0 Å². The van der Waals surface area contributed by atoms with Gasteiger partial charge in [0.05, 0.1) is 0 Å². The molecule has 27 heavy (non-hydrogen) atoms. The molecule has 3 atom stereocenters. The Labute approximate surface area is 152 Å². The van der Waals surface area contributed by atoms with Gasteiger partial charge in [-0.15, -0.1) is 0 Å². The molecule has 0 amide bonds. The zero-order chi connectivity index (χ0) is 19.7. The van der Waals surface area contributed by atoms with Crippen molar-refractivity contribution in [2.75, 3.05) is 6.61 Å². The first kappa shape index (κ1) is 18.8. The van der Waals surface area contributed by atoms with E-state index in [0.717, 1.165) is 4.57 Å². The number of hydrogen-bond donors (Lipinski definition) is 0. The Morgan fingerprint density at radius 1 is 1.30 bits per heavy atom. The number of hydrogen-bond acceptors (Lipinski definition) is 9. The Hall–Kier alpha value is -3.01. The standard InChI is InChI=1S/C17H18N2O8/c1-8-4-12(22)11-6-19(17(23)18-16(11)25-8)15-5-13(26-10(3)21)14(27-15)7-24-9(2)20/h4,6,13-15H,5,7H2,1-3H3/t13-,14+,15+/m0/s1. The van der Waals surface area contributed by atoms with Gasteiger partial charge in [0.15, 0.2) is 5.43 Å². The summed E-state index contributed by atoms with van der Waals surface area (Å²) in [5.41, 5.74) is -1.09. The van der Waals surface area contributed by atoms with E-state index in [-0.39, 0.29) is 29.6 Å². The monoisotopic (exact) mass is 378 g/mol. The highest BCUT2D eigenvalue weighted by atomic mass is 16.6. The fraction of sp³-hybridized carbons (Fsp3) is 0.471. The van der Waals surface area contributed by atoms with E-state index in [1.54, 1.807) is 6.92 Å². The first-order valence-corrected chi connectivity index (χ1v) is 8.24. The van der Waals surface area contributed by atoms with Gasteiger partial charge >= 0.3 is 17.6 Å². The molecule has 2 aromatic rings. The molecule has 0 aliphatic carbocycles. The SMILES string of the molecule is CC(=O)OC[C@H]1O[C@@H](n2cc3c(=O)cc(C)oc3nc2=O)C[C@@H]1OC(C)=O. The maximum absolute atomic E-state index is 12.4. The number of fused-ring (bicyclic) bond motifs is 1. The van der Waals surface area contributed by atoms with Gasteiger partial charge < -0.3 is 18.6 Å². The normalized spacial score (nSPS) is 22.0. The summed E-state index contributed by atoms with van der Waals surface area (Å²) in [6, 6.07) is 1.29. The van der Waals surface area contributed by atoms with Crippen molar-refractivity contribution in [2.45, 2.75) is 45.6 Å². The summed E-state index contributed by atoms with van der Waals surface area (Å²) in [5.74, 6) is -0.705. The number of carbonyl (C=O) groups excluding carboxylic acids is 2. The first-order valence-electron chi connectivity index (χ1n) is 8.24. The summed E-state index contributed by atoms with van der Waals surface area (Å²) in [7, 11) is 0. The van der Waals surface area contributed by atoms with E-state index < -0.39 is 36.1 Å². The molecule has 1 saturated heterocycles. The number of nitrogens with zero attached hydrogens (tertiary/aromatic N) is 2. The molecule has 1 aliphatic rings. The van der Waals surface area contributed by atoms with Crippen LogP contribution in [0, 0.1) is 6.92 Å². The van der Waals surface area contributed by atoms with Crippen LogP contribution in [0.2, 0.25) is 0 Å². The summed E-state index contributed by atoms with van der Waals surface area (Å²) in [6.07, 6.45) is -0.876. The zero-order valence-electron chi connectivity index (χ0n) is 15.0. The van der Waals surface area contributed by atoms with Crippen molar-refractivity contribution >= 4 is 23.0 Å². The van der Waals surface area contributed by atoms with Gasteiger partial charge in [-0.05, 0) is 6.92 Å². The van der Waals surface area contributed by atoms with Crippen LogP contribution in [0.1, 0.15) is 32.3 Å². The summed E-state index contributed by atoms with van der Waals surface area (Å²) < 4.78 is 22.3. The van der Waals surface area contributed by atoms with Crippen LogP contribution >= 0.6 is 0 Å². The van der Waals surface area contributed by atoms with Crippen LogP contribution in [-0.4, -0.2) is 40.3 Å². The highest BCUT2D eigenvalue weighted by molar-refractivity contribution is 5.71. The number of esters is 2. The van der Waals surface area contributed by atoms with E-state index in [0.29, 0.717) is 5.76 Å². The second-order valence-corrected chi connectivity index (χ2v) is 6.19. The molecular weight excluding hydrogens is 360 g/mol. The molecule has 3 rings (SSSR count). The minimum Gasteiger partial charge on any atom is -0.463 e. The molecular formula is C17H18N2O8. The van der Waals surface area contributed by atoms with Crippen LogP contribution in [0.3, 0.4) is 0 Å². The fourth-order valence-corrected chi connectivity index (χ4v) is 2.91. The number of rotatable bonds is 4. The van der Waals surface area contributed by atoms with Crippen molar-refractivity contribution in [3.63, 3.8) is 0 Å². The van der Waals surface area contributed by atoms with E-state index in [9.17, 15) is 19.2 Å². The zero-order valence-corrected chi connectivity index (χ0v) is 15.0. The lowest BCUT2D eigenvalue weighted by Gasteiger charge is -2.17. The molecule has 3 heterocycles. The highest BCUT2D eigenvalue weighted by Gasteiger charge is 2.39. The van der Waals surface area contributed by atoms with E-state index in [2.05, 4.69) is 4.98 Å². The molecule has 10 heteroatoms. The summed E-state index contributed by atoms with van der Waals surface area (Å²) in [6.45, 7) is 3.93. The van der Waals surface area contributed by atoms with Gasteiger partial charge in [-0.2, -0.15) is 4.98 Å². The third-order valence-corrected chi connectivity index (χ3v) is 4.03. The highest BCUT2D eigenvalue weighted by Crippen LogP contribution is 2.30. The number of ether oxygens (including phenoxy) is 3. The number of carbonyl (C=O) groups is 2. The molecule has 0 aromatic carbocycles. The van der Waals surface area contributed by atoms with Crippen molar-refractivity contribution in [3.8, 4) is 0 Å². The fourth-order valence-electron chi connectivity index (χ4n) is 2.91. The average Bonchev–Trinajstić information content (AvgIpc) is 2.93. The predicted octanol–water partition coefficient (Wildman–Crippen LogP) is 0.440. The quantitative estimate of drug-likeness (QED) is 0.696. The lowest BCUT2D eigenvalue weighted by Crippen LogP contribution is -2.31. The van der Waals surface area contributed by atoms with Crippen LogP contribution in [0.5, 0.6) is 0 Å². The summed E-state index contributed by atoms with van der Waals surface area (Å²) in [5, 5.41) is 0.122. The molecule has 1 fully saturated rings. The van der Waals surface area contributed by atoms with Crippen molar-refractivity contribution in [2.24, 2.45) is 0 Å². The average molecular weight is 378 g/mol. The molecule has 0 bridgehead atoms. The smallest absolute Gasteiger partial charge is 0.353 e. The van der Waals surface area contributed by atoms with Crippen LogP contribution in [0.4, 0.5) is 0 Å². The Bertz CT molecular complexity index is 1010. The Morgan fingerprint density at radius 3 is 2.70 bits per heavy atom. The molecule has 0 unspecified atom stereocenters. The second kappa shape index (κ2) is 7.31. The molecule has 0 spiro atoms. The lowest BCUT2D eigenvalue weighted by molar-refractivity contribution is -0.155. The third kappa shape index (κ3) is 4.05. The van der Waals surface area contributed by atoms with Crippen LogP contribution in [-0.2, 0) is 23.8 Å². The van der Waals surface area contributed by atoms with Crippen molar-refractivity contribution in [3.05, 3.63) is 38.7 Å². The van der Waals surface area contributed by atoms with Gasteiger partial charge in [0, 0.05) is 32.5 Å². The van der Waals surface area contributed by atoms with Gasteiger partial charge in [0.2, 0.25) is 5.71 Å². The molecule has 1 aliphatic heterocycles. The molecule has 2 aromatic heterocycles. The Balaban J connectivity index is 1.94. The maximum atomic E-state index is 12.4. The minimum absolute atomic E-state index is 0.0627. The third-order valence-electron chi connectivity index (χ3n) is 4.03. The molecule has 0 N–H and O–H groups in total. The maximum Gasteiger partial charge on any atom is 0.353 e. The Kier molecular flexibility index (Phi) is 5.08. The molecule has 10 nitrogen and oxygen atoms in total. The first-order chi connectivity index (χ1) is 12.7. The van der Waals surface area contributed by atoms with Crippen LogP contribution in [0.15, 0.2) is 26.3 Å². The summed E-state index contributed by atoms with van der Waals surface area (Å²) >= 11 is 0. The van der Waals surface area contributed by atoms with Gasteiger partial charge in [0.1, 0.15) is 36.2 Å². The van der Waals surface area contributed by atoms with E-state index in [4.69, 9.17) is 18.6 Å². The van der Waals surface area contributed by atoms with Crippen LogP contribution in [0.25, 0.3) is 11.1 Å². The predicted molar refractivity (Wildman–Crippen MR) is 90.0 cm³/mol. The summed E-state index contributed by atoms with van der Waals surface area (Å²) in [4.78, 5) is 50.7. The van der Waals surface area contributed by atoms with Gasteiger partial charge in [-0.25, -0.2) is 4.79 Å². The topological polar surface area (TPSA) is 127 Å². The van der Waals surface area contributed by atoms with Gasteiger partial charge in [0.25, 0.3) is 0 Å². The van der Waals surface area contributed by atoms with Crippen LogP contribution < -0.4 is 11.1 Å². The van der Waals surface area contributed by atoms with Gasteiger partial charge in [-0.3, -0.25) is 19.0 Å². The number of aryl methyl sites for hydroxylation is 1.